The molecule has 0 amide bonds. The van der Waals surface area contributed by atoms with Crippen LogP contribution in [0.2, 0.25) is 0 Å². The Morgan fingerprint density at radius 2 is 1.91 bits per heavy atom. The van der Waals surface area contributed by atoms with E-state index in [0.717, 1.165) is 22.3 Å². The number of nitrogens with zero attached hydrogens (tertiary/aromatic N) is 5. The van der Waals surface area contributed by atoms with E-state index in [2.05, 4.69) is 57.9 Å². The Bertz CT molecular complexity index is 988. The first-order chi connectivity index (χ1) is 10.7. The minimum atomic E-state index is 0.611. The molecular weight excluding hydrogens is 276 g/mol. The summed E-state index contributed by atoms with van der Waals surface area (Å²) in [6, 6.07) is 14.1. The smallest absolute Gasteiger partial charge is 0.222 e. The van der Waals surface area contributed by atoms with Gasteiger partial charge in [0.15, 0.2) is 5.82 Å². The first-order valence-electron chi connectivity index (χ1n) is 7.03. The Morgan fingerprint density at radius 1 is 1.05 bits per heavy atom. The van der Waals surface area contributed by atoms with Crippen LogP contribution in [0.1, 0.15) is 11.1 Å². The van der Waals surface area contributed by atoms with Gasteiger partial charge in [-0.25, -0.2) is 4.98 Å². The van der Waals surface area contributed by atoms with Crippen LogP contribution in [0.4, 0.5) is 11.5 Å². The molecule has 0 saturated heterocycles. The summed E-state index contributed by atoms with van der Waals surface area (Å²) in [6.07, 6.45) is 0. The van der Waals surface area contributed by atoms with Gasteiger partial charge < -0.3 is 5.32 Å². The van der Waals surface area contributed by atoms with Crippen molar-refractivity contribution in [3.63, 3.8) is 0 Å². The van der Waals surface area contributed by atoms with Gasteiger partial charge in [0.1, 0.15) is 0 Å². The molecule has 2 aromatic heterocycles. The molecule has 0 spiro atoms. The minimum absolute atomic E-state index is 0.611. The van der Waals surface area contributed by atoms with Gasteiger partial charge in [0.25, 0.3) is 0 Å². The highest BCUT2D eigenvalue weighted by molar-refractivity contribution is 5.83. The largest absolute Gasteiger partial charge is 0.337 e. The fourth-order valence-corrected chi connectivity index (χ4v) is 2.49. The van der Waals surface area contributed by atoms with Crippen LogP contribution in [0.15, 0.2) is 42.5 Å². The Balaban J connectivity index is 1.93. The number of hydrogen-bond donors (Lipinski definition) is 1. The second-order valence-electron chi connectivity index (χ2n) is 5.31. The third kappa shape index (κ3) is 1.96. The first-order valence-corrected chi connectivity index (χ1v) is 7.03. The number of anilines is 2. The first kappa shape index (κ1) is 12.7. The lowest BCUT2D eigenvalue weighted by Gasteiger charge is -2.11. The second kappa shape index (κ2) is 4.77. The number of para-hydroxylation sites is 2. The summed E-state index contributed by atoms with van der Waals surface area (Å²) in [5, 5.41) is 15.3. The fraction of sp³-hybridized carbons (Fsp3) is 0.125. The predicted molar refractivity (Wildman–Crippen MR) is 85.3 cm³/mol. The van der Waals surface area contributed by atoms with Crippen LogP contribution >= 0.6 is 0 Å². The number of tetrazole rings is 1. The molecule has 22 heavy (non-hydrogen) atoms. The van der Waals surface area contributed by atoms with E-state index >= 15 is 0 Å². The normalized spacial score (nSPS) is 11.2. The van der Waals surface area contributed by atoms with Crippen molar-refractivity contribution in [2.24, 2.45) is 0 Å². The van der Waals surface area contributed by atoms with E-state index in [1.54, 1.807) is 4.52 Å². The van der Waals surface area contributed by atoms with Crippen molar-refractivity contribution in [1.29, 1.82) is 0 Å². The average Bonchev–Trinajstić information content (AvgIpc) is 3.01. The van der Waals surface area contributed by atoms with Gasteiger partial charge in [0, 0.05) is 5.69 Å². The zero-order valence-electron chi connectivity index (χ0n) is 12.3. The molecule has 2 aromatic carbocycles. The summed E-state index contributed by atoms with van der Waals surface area (Å²) in [5.74, 6) is 0.650. The Kier molecular flexibility index (Phi) is 2.75. The van der Waals surface area contributed by atoms with Crippen LogP contribution in [0.25, 0.3) is 16.7 Å². The molecule has 0 aliphatic heterocycles. The van der Waals surface area contributed by atoms with E-state index in [1.807, 2.05) is 24.3 Å². The lowest BCUT2D eigenvalue weighted by molar-refractivity contribution is 0.841. The van der Waals surface area contributed by atoms with Gasteiger partial charge in [-0.3, -0.25) is 0 Å². The summed E-state index contributed by atoms with van der Waals surface area (Å²) in [5.41, 5.74) is 5.67. The molecule has 0 radical (unpaired) electrons. The van der Waals surface area contributed by atoms with Gasteiger partial charge in [-0.05, 0) is 53.6 Å². The van der Waals surface area contributed by atoms with Crippen molar-refractivity contribution < 1.29 is 0 Å². The summed E-state index contributed by atoms with van der Waals surface area (Å²) in [6.45, 7) is 4.12. The highest BCUT2D eigenvalue weighted by atomic mass is 15.5. The summed E-state index contributed by atoms with van der Waals surface area (Å²) in [4.78, 5) is 4.67. The van der Waals surface area contributed by atoms with Crippen molar-refractivity contribution in [3.05, 3.63) is 53.6 Å². The molecule has 0 atom stereocenters. The number of nitrogens with one attached hydrogen (secondary N) is 1. The quantitative estimate of drug-likeness (QED) is 0.614. The zero-order valence-corrected chi connectivity index (χ0v) is 12.3. The Morgan fingerprint density at radius 3 is 2.82 bits per heavy atom. The lowest BCUT2D eigenvalue weighted by atomic mass is 10.1. The van der Waals surface area contributed by atoms with Crippen LogP contribution in [0.5, 0.6) is 0 Å². The highest BCUT2D eigenvalue weighted by Gasteiger charge is 2.12. The van der Waals surface area contributed by atoms with Gasteiger partial charge in [0.2, 0.25) is 5.65 Å². The van der Waals surface area contributed by atoms with Crippen molar-refractivity contribution in [3.8, 4) is 0 Å². The van der Waals surface area contributed by atoms with E-state index in [0.29, 0.717) is 11.5 Å². The predicted octanol–water partition coefficient (Wildman–Crippen LogP) is 3.03. The monoisotopic (exact) mass is 290 g/mol. The Labute approximate surface area is 126 Å². The van der Waals surface area contributed by atoms with Crippen LogP contribution in [-0.2, 0) is 0 Å². The molecule has 0 aliphatic rings. The molecule has 6 heteroatoms. The van der Waals surface area contributed by atoms with E-state index in [9.17, 15) is 0 Å². The van der Waals surface area contributed by atoms with E-state index in [-0.39, 0.29) is 0 Å². The van der Waals surface area contributed by atoms with Crippen LogP contribution in [0.3, 0.4) is 0 Å². The van der Waals surface area contributed by atoms with Gasteiger partial charge in [0.05, 0.1) is 11.0 Å². The Hall–Kier alpha value is -3.02. The summed E-state index contributed by atoms with van der Waals surface area (Å²) >= 11 is 0. The SMILES string of the molecule is Cc1ccc(C)c(Nc2nc3ccccc3n3nnnc23)c1. The van der Waals surface area contributed by atoms with Crippen molar-refractivity contribution in [2.45, 2.75) is 13.8 Å². The summed E-state index contributed by atoms with van der Waals surface area (Å²) < 4.78 is 1.70. The maximum absolute atomic E-state index is 4.67. The van der Waals surface area contributed by atoms with Gasteiger partial charge in [-0.2, -0.15) is 4.52 Å². The molecule has 4 rings (SSSR count). The molecule has 0 fully saturated rings. The number of rotatable bonds is 2. The molecule has 4 aromatic rings. The molecular formula is C16H14N6. The standard InChI is InChI=1S/C16H14N6/c1-10-7-8-11(2)13(9-10)18-15-16-19-20-21-22(16)14-6-4-3-5-12(14)17-15/h3-9H,1-2H3,(H,17,18). The van der Waals surface area contributed by atoms with Crippen LogP contribution < -0.4 is 5.32 Å². The summed E-state index contributed by atoms with van der Waals surface area (Å²) in [7, 11) is 0. The number of fused-ring (bicyclic) bond motifs is 3. The molecule has 2 heterocycles. The highest BCUT2D eigenvalue weighted by Crippen LogP contribution is 2.25. The lowest BCUT2D eigenvalue weighted by Crippen LogP contribution is -2.02. The number of hydrogen-bond acceptors (Lipinski definition) is 5. The third-order valence-electron chi connectivity index (χ3n) is 3.67. The average molecular weight is 290 g/mol. The third-order valence-corrected chi connectivity index (χ3v) is 3.67. The van der Waals surface area contributed by atoms with Gasteiger partial charge >= 0.3 is 0 Å². The molecule has 0 unspecified atom stereocenters. The maximum atomic E-state index is 4.67. The van der Waals surface area contributed by atoms with E-state index < -0.39 is 0 Å². The maximum Gasteiger partial charge on any atom is 0.222 e. The topological polar surface area (TPSA) is 68.0 Å². The second-order valence-corrected chi connectivity index (χ2v) is 5.31. The number of aryl methyl sites for hydroxylation is 2. The zero-order chi connectivity index (χ0) is 15.1. The molecule has 6 nitrogen and oxygen atoms in total. The van der Waals surface area contributed by atoms with Crippen LogP contribution in [-0.4, -0.2) is 25.0 Å². The molecule has 1 N–H and O–H groups in total. The molecule has 0 aliphatic carbocycles. The number of aromatic nitrogens is 5. The van der Waals surface area contributed by atoms with Crippen molar-refractivity contribution in [1.82, 2.24) is 25.0 Å². The fourth-order valence-electron chi connectivity index (χ4n) is 2.49. The van der Waals surface area contributed by atoms with Gasteiger partial charge in [-0.1, -0.05) is 24.3 Å². The van der Waals surface area contributed by atoms with Crippen LogP contribution in [0, 0.1) is 13.8 Å². The molecule has 108 valence electrons. The molecule has 0 bridgehead atoms. The van der Waals surface area contributed by atoms with Gasteiger partial charge in [-0.15, -0.1) is 5.10 Å². The van der Waals surface area contributed by atoms with E-state index in [1.165, 1.54) is 5.56 Å². The van der Waals surface area contributed by atoms with E-state index in [4.69, 9.17) is 0 Å². The molecule has 0 saturated carbocycles. The van der Waals surface area contributed by atoms with Crippen molar-refractivity contribution in [2.75, 3.05) is 5.32 Å². The van der Waals surface area contributed by atoms with Crippen molar-refractivity contribution >= 4 is 28.2 Å². The minimum Gasteiger partial charge on any atom is -0.337 e. The number of benzene rings is 2.